The summed E-state index contributed by atoms with van der Waals surface area (Å²) in [6.07, 6.45) is 1.70. The summed E-state index contributed by atoms with van der Waals surface area (Å²) in [7, 11) is 1.84. The van der Waals surface area contributed by atoms with Crippen molar-refractivity contribution in [2.45, 2.75) is 5.92 Å². The van der Waals surface area contributed by atoms with Gasteiger partial charge in [-0.05, 0) is 6.07 Å². The van der Waals surface area contributed by atoms with Gasteiger partial charge in [0, 0.05) is 37.9 Å². The zero-order valence-electron chi connectivity index (χ0n) is 7.97. The van der Waals surface area contributed by atoms with E-state index >= 15 is 0 Å². The average molecular weight is 195 g/mol. The molecule has 1 aliphatic heterocycles. The maximum atomic E-state index is 10.9. The van der Waals surface area contributed by atoms with Gasteiger partial charge in [-0.15, -0.1) is 0 Å². The summed E-state index contributed by atoms with van der Waals surface area (Å²) in [4.78, 5) is 10.9. The molecule has 0 spiro atoms. The molecule has 1 aromatic heterocycles. The van der Waals surface area contributed by atoms with Crippen LogP contribution in [0.2, 0.25) is 0 Å². The van der Waals surface area contributed by atoms with Crippen LogP contribution in [0.25, 0.3) is 0 Å². The average Bonchev–Trinajstić information content (AvgIpc) is 2.70. The van der Waals surface area contributed by atoms with Gasteiger partial charge in [0.1, 0.15) is 0 Å². The Morgan fingerprint density at radius 3 is 3.07 bits per heavy atom. The lowest BCUT2D eigenvalue weighted by molar-refractivity contribution is -0.141. The summed E-state index contributed by atoms with van der Waals surface area (Å²) in [5.41, 5.74) is 0.988. The van der Waals surface area contributed by atoms with Gasteiger partial charge in [0.05, 0.1) is 5.92 Å². The molecule has 2 heterocycles. The first-order valence-corrected chi connectivity index (χ1v) is 4.61. The summed E-state index contributed by atoms with van der Waals surface area (Å²) >= 11 is 0. The molecule has 76 valence electrons. The largest absolute Gasteiger partial charge is 0.481 e. The Balaban J connectivity index is 2.26. The molecule has 1 fully saturated rings. The molecule has 2 atom stereocenters. The first kappa shape index (κ1) is 9.21. The SMILES string of the molecule is Cn1nccc1C1CNCC1C(=O)O. The van der Waals surface area contributed by atoms with E-state index in [-0.39, 0.29) is 11.8 Å². The Morgan fingerprint density at radius 1 is 1.71 bits per heavy atom. The van der Waals surface area contributed by atoms with E-state index < -0.39 is 5.97 Å². The second-order valence-corrected chi connectivity index (χ2v) is 3.59. The van der Waals surface area contributed by atoms with Crippen LogP contribution in [-0.2, 0) is 11.8 Å². The minimum absolute atomic E-state index is 0.0417. The summed E-state index contributed by atoms with van der Waals surface area (Å²) in [6.45, 7) is 1.27. The minimum Gasteiger partial charge on any atom is -0.481 e. The number of hydrogen-bond acceptors (Lipinski definition) is 3. The number of aryl methyl sites for hydroxylation is 1. The third-order valence-corrected chi connectivity index (χ3v) is 2.77. The van der Waals surface area contributed by atoms with E-state index in [1.165, 1.54) is 0 Å². The molecule has 14 heavy (non-hydrogen) atoms. The van der Waals surface area contributed by atoms with Crippen molar-refractivity contribution in [3.05, 3.63) is 18.0 Å². The number of aromatic nitrogens is 2. The molecule has 2 rings (SSSR count). The third-order valence-electron chi connectivity index (χ3n) is 2.77. The Bertz CT molecular complexity index is 348. The van der Waals surface area contributed by atoms with Crippen LogP contribution in [-0.4, -0.2) is 33.9 Å². The van der Waals surface area contributed by atoms with Crippen LogP contribution < -0.4 is 5.32 Å². The molecule has 0 aromatic carbocycles. The number of carbonyl (C=O) groups is 1. The number of aliphatic carboxylic acids is 1. The molecule has 1 saturated heterocycles. The van der Waals surface area contributed by atoms with Gasteiger partial charge in [0.2, 0.25) is 0 Å². The zero-order chi connectivity index (χ0) is 10.1. The van der Waals surface area contributed by atoms with Crippen molar-refractivity contribution in [1.29, 1.82) is 0 Å². The fraction of sp³-hybridized carbons (Fsp3) is 0.556. The third kappa shape index (κ3) is 1.39. The minimum atomic E-state index is -0.735. The van der Waals surface area contributed by atoms with E-state index in [0.29, 0.717) is 6.54 Å². The van der Waals surface area contributed by atoms with Crippen molar-refractivity contribution in [2.24, 2.45) is 13.0 Å². The molecule has 2 N–H and O–H groups in total. The highest BCUT2D eigenvalue weighted by Crippen LogP contribution is 2.27. The Hall–Kier alpha value is -1.36. The highest BCUT2D eigenvalue weighted by molar-refractivity contribution is 5.72. The number of nitrogens with one attached hydrogen (secondary N) is 1. The molecule has 0 amide bonds. The second-order valence-electron chi connectivity index (χ2n) is 3.59. The standard InChI is InChI=1S/C9H13N3O2/c1-12-8(2-3-11-12)6-4-10-5-7(6)9(13)14/h2-3,6-7,10H,4-5H2,1H3,(H,13,14). The molecule has 0 bridgehead atoms. The molecule has 5 heteroatoms. The molecule has 5 nitrogen and oxygen atoms in total. The molecule has 1 aromatic rings. The van der Waals surface area contributed by atoms with Crippen LogP contribution >= 0.6 is 0 Å². The van der Waals surface area contributed by atoms with Crippen molar-refractivity contribution in [1.82, 2.24) is 15.1 Å². The molecular formula is C9H13N3O2. The van der Waals surface area contributed by atoms with E-state index in [4.69, 9.17) is 5.11 Å². The van der Waals surface area contributed by atoms with Gasteiger partial charge in [-0.3, -0.25) is 9.48 Å². The monoisotopic (exact) mass is 195 g/mol. The molecule has 2 unspecified atom stereocenters. The molecule has 0 radical (unpaired) electrons. The first-order valence-electron chi connectivity index (χ1n) is 4.61. The highest BCUT2D eigenvalue weighted by Gasteiger charge is 2.35. The van der Waals surface area contributed by atoms with Crippen molar-refractivity contribution < 1.29 is 9.90 Å². The summed E-state index contributed by atoms with van der Waals surface area (Å²) < 4.78 is 1.74. The lowest BCUT2D eigenvalue weighted by Crippen LogP contribution is -2.22. The van der Waals surface area contributed by atoms with Crippen LogP contribution in [0, 0.1) is 5.92 Å². The molecule has 0 saturated carbocycles. The second kappa shape index (κ2) is 3.42. The van der Waals surface area contributed by atoms with Crippen molar-refractivity contribution in [2.75, 3.05) is 13.1 Å². The van der Waals surface area contributed by atoms with Crippen LogP contribution in [0.15, 0.2) is 12.3 Å². The quantitative estimate of drug-likeness (QED) is 0.686. The lowest BCUT2D eigenvalue weighted by atomic mass is 9.93. The van der Waals surface area contributed by atoms with E-state index in [9.17, 15) is 4.79 Å². The highest BCUT2D eigenvalue weighted by atomic mass is 16.4. The molecular weight excluding hydrogens is 182 g/mol. The van der Waals surface area contributed by atoms with E-state index in [1.54, 1.807) is 10.9 Å². The fourth-order valence-corrected chi connectivity index (χ4v) is 2.00. The molecule has 0 aliphatic carbocycles. The van der Waals surface area contributed by atoms with Crippen LogP contribution in [0.5, 0.6) is 0 Å². The van der Waals surface area contributed by atoms with Crippen molar-refractivity contribution in [3.8, 4) is 0 Å². The van der Waals surface area contributed by atoms with Gasteiger partial charge in [0.25, 0.3) is 0 Å². The smallest absolute Gasteiger partial charge is 0.308 e. The topological polar surface area (TPSA) is 67.2 Å². The summed E-state index contributed by atoms with van der Waals surface area (Å²) in [5, 5.41) is 16.2. The van der Waals surface area contributed by atoms with Crippen molar-refractivity contribution >= 4 is 5.97 Å². The number of carboxylic acids is 1. The van der Waals surface area contributed by atoms with Crippen molar-refractivity contribution in [3.63, 3.8) is 0 Å². The maximum absolute atomic E-state index is 10.9. The number of hydrogen-bond donors (Lipinski definition) is 2. The predicted molar refractivity (Wildman–Crippen MR) is 49.9 cm³/mol. The number of nitrogens with zero attached hydrogens (tertiary/aromatic N) is 2. The Morgan fingerprint density at radius 2 is 2.50 bits per heavy atom. The first-order chi connectivity index (χ1) is 6.70. The van der Waals surface area contributed by atoms with Gasteiger partial charge in [-0.1, -0.05) is 0 Å². The van der Waals surface area contributed by atoms with Gasteiger partial charge in [0.15, 0.2) is 0 Å². The van der Waals surface area contributed by atoms with Gasteiger partial charge < -0.3 is 10.4 Å². The Kier molecular flexibility index (Phi) is 2.25. The number of carboxylic acid groups (broad SMARTS) is 1. The van der Waals surface area contributed by atoms with Crippen LogP contribution in [0.4, 0.5) is 0 Å². The fourth-order valence-electron chi connectivity index (χ4n) is 2.00. The van der Waals surface area contributed by atoms with Crippen LogP contribution in [0.3, 0.4) is 0 Å². The van der Waals surface area contributed by atoms with E-state index in [2.05, 4.69) is 10.4 Å². The number of rotatable bonds is 2. The maximum Gasteiger partial charge on any atom is 0.308 e. The summed E-state index contributed by atoms with van der Waals surface area (Å²) in [5.74, 6) is -1.02. The summed E-state index contributed by atoms with van der Waals surface area (Å²) in [6, 6.07) is 1.88. The lowest BCUT2D eigenvalue weighted by Gasteiger charge is -2.14. The van der Waals surface area contributed by atoms with E-state index in [0.717, 1.165) is 12.2 Å². The van der Waals surface area contributed by atoms with Gasteiger partial charge in [-0.25, -0.2) is 0 Å². The predicted octanol–water partition coefficient (Wildman–Crippen LogP) is -0.192. The van der Waals surface area contributed by atoms with E-state index in [1.807, 2.05) is 13.1 Å². The van der Waals surface area contributed by atoms with Crippen LogP contribution in [0.1, 0.15) is 11.6 Å². The molecule has 1 aliphatic rings. The Labute approximate surface area is 81.7 Å². The zero-order valence-corrected chi connectivity index (χ0v) is 7.97. The normalized spacial score (nSPS) is 26.6. The van der Waals surface area contributed by atoms with Gasteiger partial charge in [-0.2, -0.15) is 5.10 Å². The van der Waals surface area contributed by atoms with Gasteiger partial charge >= 0.3 is 5.97 Å².